The molecule has 0 aliphatic carbocycles. The first kappa shape index (κ1) is 28.1. The van der Waals surface area contributed by atoms with Gasteiger partial charge in [0.05, 0.1) is 17.7 Å². The minimum absolute atomic E-state index is 0.138. The summed E-state index contributed by atoms with van der Waals surface area (Å²) in [7, 11) is 0. The third kappa shape index (κ3) is 6.92. The van der Waals surface area contributed by atoms with Gasteiger partial charge in [-0.2, -0.15) is 9.37 Å². The number of hydrogen-bond acceptors (Lipinski definition) is 8. The van der Waals surface area contributed by atoms with Gasteiger partial charge in [0, 0.05) is 5.69 Å². The second kappa shape index (κ2) is 12.3. The third-order valence-corrected chi connectivity index (χ3v) is 6.58. The normalized spacial score (nSPS) is 14.3. The predicted octanol–water partition coefficient (Wildman–Crippen LogP) is 6.26. The molecule has 2 aromatic carbocycles. The van der Waals surface area contributed by atoms with E-state index in [0.717, 1.165) is 28.4 Å². The number of anilines is 1. The van der Waals surface area contributed by atoms with Crippen LogP contribution in [-0.2, 0) is 9.59 Å². The van der Waals surface area contributed by atoms with Crippen LogP contribution in [-0.4, -0.2) is 45.1 Å². The smallest absolute Gasteiger partial charge is 0.294 e. The number of rotatable bonds is 9. The molecule has 0 bridgehead atoms. The molecule has 4 rings (SSSR count). The molecule has 0 radical (unpaired) electrons. The number of hydrogen-bond donors (Lipinski definition) is 1. The Morgan fingerprint density at radius 1 is 1.18 bits per heavy atom. The van der Waals surface area contributed by atoms with Crippen molar-refractivity contribution in [2.45, 2.75) is 26.7 Å². The Balaban J connectivity index is 1.47. The standard InChI is InChI=1S/C27H24ClFN4O5S/c1-4-37-21-11-16(5-10-20(21)38-24-19(29)13-30-26(28)32-24)12-22-25(35)33(27(36)39-22)14-23(34)31-18-8-6-17(7-9-18)15(2)3/h5-13,15H,4,14H2,1-3H3,(H,31,34)/b22-12+. The van der Waals surface area contributed by atoms with Crippen LogP contribution in [0.4, 0.5) is 14.9 Å². The highest BCUT2D eigenvalue weighted by Gasteiger charge is 2.36. The monoisotopic (exact) mass is 570 g/mol. The van der Waals surface area contributed by atoms with Crippen molar-refractivity contribution in [1.82, 2.24) is 14.9 Å². The second-order valence-electron chi connectivity index (χ2n) is 8.63. The molecular weight excluding hydrogens is 547 g/mol. The van der Waals surface area contributed by atoms with Crippen molar-refractivity contribution >= 4 is 52.2 Å². The first-order valence-corrected chi connectivity index (χ1v) is 13.1. The van der Waals surface area contributed by atoms with Gasteiger partial charge in [-0.25, -0.2) is 4.98 Å². The molecule has 0 spiro atoms. The molecule has 3 amide bonds. The summed E-state index contributed by atoms with van der Waals surface area (Å²) in [4.78, 5) is 46.3. The number of amides is 3. The number of thioether (sulfide) groups is 1. The van der Waals surface area contributed by atoms with Crippen molar-refractivity contribution in [1.29, 1.82) is 0 Å². The van der Waals surface area contributed by atoms with E-state index in [9.17, 15) is 18.8 Å². The molecule has 0 saturated carbocycles. The van der Waals surface area contributed by atoms with Gasteiger partial charge in [0.2, 0.25) is 17.0 Å². The summed E-state index contributed by atoms with van der Waals surface area (Å²) in [5.74, 6) is -1.50. The first-order chi connectivity index (χ1) is 18.6. The lowest BCUT2D eigenvalue weighted by Crippen LogP contribution is -2.36. The largest absolute Gasteiger partial charge is 0.490 e. The molecule has 0 unspecified atom stereocenters. The average Bonchev–Trinajstić information content (AvgIpc) is 3.15. The van der Waals surface area contributed by atoms with E-state index >= 15 is 0 Å². The van der Waals surface area contributed by atoms with Gasteiger partial charge in [-0.15, -0.1) is 0 Å². The van der Waals surface area contributed by atoms with E-state index in [-0.39, 0.29) is 34.2 Å². The van der Waals surface area contributed by atoms with Gasteiger partial charge in [0.25, 0.3) is 17.0 Å². The highest BCUT2D eigenvalue weighted by Crippen LogP contribution is 2.36. The molecule has 12 heteroatoms. The Morgan fingerprint density at radius 3 is 2.62 bits per heavy atom. The van der Waals surface area contributed by atoms with Crippen LogP contribution in [0.25, 0.3) is 6.08 Å². The van der Waals surface area contributed by atoms with E-state index < -0.39 is 29.4 Å². The fourth-order valence-corrected chi connectivity index (χ4v) is 4.52. The summed E-state index contributed by atoms with van der Waals surface area (Å²) >= 11 is 6.46. The number of ether oxygens (including phenoxy) is 2. The van der Waals surface area contributed by atoms with Gasteiger partial charge in [-0.1, -0.05) is 32.0 Å². The fraction of sp³-hybridized carbons (Fsp3) is 0.222. The first-order valence-electron chi connectivity index (χ1n) is 11.9. The minimum Gasteiger partial charge on any atom is -0.490 e. The fourth-order valence-electron chi connectivity index (χ4n) is 3.56. The highest BCUT2D eigenvalue weighted by molar-refractivity contribution is 8.18. The van der Waals surface area contributed by atoms with Gasteiger partial charge in [-0.05, 0) is 77.7 Å². The van der Waals surface area contributed by atoms with Crippen molar-refractivity contribution < 1.29 is 28.2 Å². The number of carbonyl (C=O) groups excluding carboxylic acids is 3. The molecule has 1 aliphatic rings. The zero-order valence-corrected chi connectivity index (χ0v) is 22.8. The van der Waals surface area contributed by atoms with Crippen LogP contribution in [0, 0.1) is 5.82 Å². The maximum atomic E-state index is 14.0. The molecule has 2 heterocycles. The molecule has 202 valence electrons. The molecular formula is C27H24ClFN4O5S. The van der Waals surface area contributed by atoms with Crippen molar-refractivity contribution in [3.8, 4) is 17.4 Å². The number of carbonyl (C=O) groups is 3. The summed E-state index contributed by atoms with van der Waals surface area (Å²) in [5.41, 5.74) is 2.22. The average molecular weight is 571 g/mol. The van der Waals surface area contributed by atoms with E-state index in [1.807, 2.05) is 12.1 Å². The molecule has 9 nitrogen and oxygen atoms in total. The lowest BCUT2D eigenvalue weighted by Gasteiger charge is -2.13. The Kier molecular flexibility index (Phi) is 8.82. The summed E-state index contributed by atoms with van der Waals surface area (Å²) in [5, 5.41) is 1.96. The van der Waals surface area contributed by atoms with Crippen LogP contribution >= 0.6 is 23.4 Å². The third-order valence-electron chi connectivity index (χ3n) is 5.49. The maximum Gasteiger partial charge on any atom is 0.294 e. The lowest BCUT2D eigenvalue weighted by atomic mass is 10.0. The Hall–Kier alpha value is -3.96. The van der Waals surface area contributed by atoms with Crippen LogP contribution < -0.4 is 14.8 Å². The van der Waals surface area contributed by atoms with Crippen LogP contribution in [0.15, 0.2) is 53.6 Å². The van der Waals surface area contributed by atoms with Crippen molar-refractivity contribution in [3.63, 3.8) is 0 Å². The zero-order chi connectivity index (χ0) is 28.1. The maximum absolute atomic E-state index is 14.0. The Morgan fingerprint density at radius 2 is 1.92 bits per heavy atom. The van der Waals surface area contributed by atoms with Gasteiger partial charge in [-0.3, -0.25) is 19.3 Å². The SMILES string of the molecule is CCOc1cc(/C=C2/SC(=O)N(CC(=O)Nc3ccc(C(C)C)cc3)C2=O)ccc1Oc1nc(Cl)ncc1F. The molecule has 1 N–H and O–H groups in total. The van der Waals surface area contributed by atoms with E-state index in [2.05, 4.69) is 29.1 Å². The molecule has 1 saturated heterocycles. The van der Waals surface area contributed by atoms with Crippen LogP contribution in [0.1, 0.15) is 37.8 Å². The van der Waals surface area contributed by atoms with Gasteiger partial charge in [0.15, 0.2) is 11.5 Å². The molecule has 0 atom stereocenters. The van der Waals surface area contributed by atoms with Crippen LogP contribution in [0.2, 0.25) is 5.28 Å². The lowest BCUT2D eigenvalue weighted by molar-refractivity contribution is -0.127. The van der Waals surface area contributed by atoms with Gasteiger partial charge < -0.3 is 14.8 Å². The molecule has 1 aliphatic heterocycles. The van der Waals surface area contributed by atoms with Gasteiger partial charge in [0.1, 0.15) is 6.54 Å². The number of halogens is 2. The van der Waals surface area contributed by atoms with Crippen LogP contribution in [0.5, 0.6) is 17.4 Å². The number of nitrogens with one attached hydrogen (secondary N) is 1. The molecule has 1 fully saturated rings. The van der Waals surface area contributed by atoms with E-state index in [1.54, 1.807) is 31.2 Å². The van der Waals surface area contributed by atoms with E-state index in [4.69, 9.17) is 21.1 Å². The minimum atomic E-state index is -0.809. The zero-order valence-electron chi connectivity index (χ0n) is 21.2. The Labute approximate surface area is 233 Å². The Bertz CT molecular complexity index is 1450. The van der Waals surface area contributed by atoms with Crippen molar-refractivity contribution in [3.05, 3.63) is 75.8 Å². The molecule has 39 heavy (non-hydrogen) atoms. The summed E-state index contributed by atoms with van der Waals surface area (Å²) in [6.45, 7) is 5.75. The summed E-state index contributed by atoms with van der Waals surface area (Å²) in [6.07, 6.45) is 2.39. The number of imide groups is 1. The van der Waals surface area contributed by atoms with Gasteiger partial charge >= 0.3 is 0 Å². The van der Waals surface area contributed by atoms with E-state index in [0.29, 0.717) is 17.2 Å². The van der Waals surface area contributed by atoms with Crippen LogP contribution in [0.3, 0.4) is 0 Å². The number of nitrogens with zero attached hydrogens (tertiary/aromatic N) is 3. The predicted molar refractivity (Wildman–Crippen MR) is 147 cm³/mol. The topological polar surface area (TPSA) is 111 Å². The quantitative estimate of drug-likeness (QED) is 0.237. The second-order valence-corrected chi connectivity index (χ2v) is 9.96. The highest BCUT2D eigenvalue weighted by atomic mass is 35.5. The van der Waals surface area contributed by atoms with Crippen molar-refractivity contribution in [2.75, 3.05) is 18.5 Å². The number of benzene rings is 2. The van der Waals surface area contributed by atoms with Crippen molar-refractivity contribution in [2.24, 2.45) is 0 Å². The molecule has 1 aromatic heterocycles. The summed E-state index contributed by atoms with van der Waals surface area (Å²) in [6, 6.07) is 12.1. The van der Waals surface area contributed by atoms with E-state index in [1.165, 1.54) is 12.1 Å². The number of aromatic nitrogens is 2. The molecule has 3 aromatic rings. The summed E-state index contributed by atoms with van der Waals surface area (Å²) < 4.78 is 25.2.